The van der Waals surface area contributed by atoms with Crippen molar-refractivity contribution in [2.24, 2.45) is 0 Å². The van der Waals surface area contributed by atoms with Crippen LogP contribution in [0.4, 0.5) is 0 Å². The van der Waals surface area contributed by atoms with Gasteiger partial charge in [0.2, 0.25) is 0 Å². The van der Waals surface area contributed by atoms with Gasteiger partial charge in [-0.1, -0.05) is 26.3 Å². The first-order valence-electron chi connectivity index (χ1n) is 7.24. The lowest BCUT2D eigenvalue weighted by atomic mass is 10.1. The third-order valence-electron chi connectivity index (χ3n) is 3.46. The molecule has 0 aromatic heterocycles. The van der Waals surface area contributed by atoms with Gasteiger partial charge in [-0.2, -0.15) is 0 Å². The summed E-state index contributed by atoms with van der Waals surface area (Å²) in [6, 6.07) is 5.88. The van der Waals surface area contributed by atoms with E-state index in [4.69, 9.17) is 21.1 Å². The molecule has 0 bridgehead atoms. The molecular weight excluding hydrogens is 274 g/mol. The van der Waals surface area contributed by atoms with E-state index in [2.05, 4.69) is 18.7 Å². The van der Waals surface area contributed by atoms with Crippen molar-refractivity contribution >= 4 is 11.6 Å². The first-order valence-corrected chi connectivity index (χ1v) is 7.68. The number of halogens is 1. The highest BCUT2D eigenvalue weighted by Gasteiger charge is 2.15. The fourth-order valence-corrected chi connectivity index (χ4v) is 2.47. The van der Waals surface area contributed by atoms with E-state index in [1.165, 1.54) is 12.8 Å². The average Bonchev–Trinajstić information content (AvgIpc) is 2.50. The molecular formula is C16H26ClNO2. The van der Waals surface area contributed by atoms with Gasteiger partial charge in [0.25, 0.3) is 0 Å². The van der Waals surface area contributed by atoms with Gasteiger partial charge < -0.3 is 14.4 Å². The maximum Gasteiger partial charge on any atom is 0.161 e. The highest BCUT2D eigenvalue weighted by atomic mass is 35.5. The largest absolute Gasteiger partial charge is 0.493 e. The van der Waals surface area contributed by atoms with Gasteiger partial charge in [-0.25, -0.2) is 0 Å². The van der Waals surface area contributed by atoms with Crippen LogP contribution in [0.15, 0.2) is 18.2 Å². The molecule has 4 heteroatoms. The molecule has 0 saturated carbocycles. The van der Waals surface area contributed by atoms with Crippen LogP contribution < -0.4 is 9.47 Å². The molecule has 0 aliphatic heterocycles. The number of rotatable bonds is 9. The Kier molecular flexibility index (Phi) is 7.78. The molecule has 0 fully saturated rings. The van der Waals surface area contributed by atoms with Crippen LogP contribution >= 0.6 is 11.6 Å². The molecule has 0 saturated heterocycles. The van der Waals surface area contributed by atoms with Crippen molar-refractivity contribution in [3.8, 4) is 11.5 Å². The first-order chi connectivity index (χ1) is 9.65. The topological polar surface area (TPSA) is 21.7 Å². The minimum absolute atomic E-state index is 0.0355. The van der Waals surface area contributed by atoms with Crippen molar-refractivity contribution in [3.63, 3.8) is 0 Å². The Morgan fingerprint density at radius 1 is 1.15 bits per heavy atom. The summed E-state index contributed by atoms with van der Waals surface area (Å²) in [5.74, 6) is 1.46. The van der Waals surface area contributed by atoms with Crippen molar-refractivity contribution in [1.82, 2.24) is 4.90 Å². The lowest BCUT2D eigenvalue weighted by Crippen LogP contribution is -2.28. The third-order valence-corrected chi connectivity index (χ3v) is 3.85. The van der Waals surface area contributed by atoms with Crippen LogP contribution in [-0.2, 0) is 0 Å². The van der Waals surface area contributed by atoms with Gasteiger partial charge in [-0.3, -0.25) is 0 Å². The molecule has 114 valence electrons. The number of methoxy groups -OCH3 is 2. The van der Waals surface area contributed by atoms with Crippen LogP contribution in [0.25, 0.3) is 0 Å². The second-order valence-corrected chi connectivity index (χ2v) is 5.36. The molecule has 0 aliphatic carbocycles. The molecule has 0 heterocycles. The lowest BCUT2D eigenvalue weighted by Gasteiger charge is -2.23. The van der Waals surface area contributed by atoms with Gasteiger partial charge in [0.05, 0.1) is 19.6 Å². The van der Waals surface area contributed by atoms with E-state index in [0.29, 0.717) is 0 Å². The Morgan fingerprint density at radius 3 is 2.40 bits per heavy atom. The van der Waals surface area contributed by atoms with Crippen molar-refractivity contribution in [1.29, 1.82) is 0 Å². The van der Waals surface area contributed by atoms with Gasteiger partial charge in [0.15, 0.2) is 11.5 Å². The summed E-state index contributed by atoms with van der Waals surface area (Å²) in [4.78, 5) is 2.39. The monoisotopic (exact) mass is 299 g/mol. The molecule has 0 N–H and O–H groups in total. The van der Waals surface area contributed by atoms with Crippen LogP contribution in [0, 0.1) is 0 Å². The number of unbranched alkanes of at least 4 members (excludes halogenated alkanes) is 1. The van der Waals surface area contributed by atoms with Crippen LogP contribution in [0.1, 0.15) is 37.6 Å². The van der Waals surface area contributed by atoms with Crippen molar-refractivity contribution < 1.29 is 9.47 Å². The molecule has 1 aromatic rings. The summed E-state index contributed by atoms with van der Waals surface area (Å²) < 4.78 is 10.6. The Hall–Kier alpha value is -0.930. The Labute approximate surface area is 127 Å². The normalized spacial score (nSPS) is 12.5. The zero-order valence-electron chi connectivity index (χ0n) is 13.0. The minimum atomic E-state index is -0.0355. The van der Waals surface area contributed by atoms with E-state index >= 15 is 0 Å². The molecule has 20 heavy (non-hydrogen) atoms. The predicted octanol–water partition coefficient (Wildman–Crippen LogP) is 4.11. The van der Waals surface area contributed by atoms with Crippen LogP contribution in [0.2, 0.25) is 0 Å². The Morgan fingerprint density at radius 2 is 1.85 bits per heavy atom. The predicted molar refractivity (Wildman–Crippen MR) is 85.2 cm³/mol. The van der Waals surface area contributed by atoms with Gasteiger partial charge in [-0.05, 0) is 37.2 Å². The summed E-state index contributed by atoms with van der Waals surface area (Å²) in [6.07, 6.45) is 2.42. The number of likely N-dealkylation sites (N-methyl/N-ethyl adjacent to an activating group) is 1. The first kappa shape index (κ1) is 17.1. The molecule has 0 amide bonds. The number of ether oxygens (including phenoxy) is 2. The van der Waals surface area contributed by atoms with Crippen molar-refractivity contribution in [3.05, 3.63) is 23.8 Å². The summed E-state index contributed by atoms with van der Waals surface area (Å²) in [7, 11) is 3.28. The summed E-state index contributed by atoms with van der Waals surface area (Å²) >= 11 is 6.55. The number of benzene rings is 1. The number of alkyl halides is 1. The van der Waals surface area contributed by atoms with E-state index in [1.54, 1.807) is 14.2 Å². The molecule has 0 aliphatic rings. The molecule has 0 spiro atoms. The summed E-state index contributed by atoms with van der Waals surface area (Å²) in [6.45, 7) is 7.36. The molecule has 0 radical (unpaired) electrons. The van der Waals surface area contributed by atoms with Crippen LogP contribution in [-0.4, -0.2) is 38.8 Å². The maximum absolute atomic E-state index is 6.55. The zero-order valence-corrected chi connectivity index (χ0v) is 13.7. The zero-order chi connectivity index (χ0) is 15.0. The maximum atomic E-state index is 6.55. The molecule has 1 aromatic carbocycles. The van der Waals surface area contributed by atoms with E-state index < -0.39 is 0 Å². The highest BCUT2D eigenvalue weighted by molar-refractivity contribution is 6.21. The van der Waals surface area contributed by atoms with E-state index in [-0.39, 0.29) is 5.38 Å². The summed E-state index contributed by atoms with van der Waals surface area (Å²) in [5.41, 5.74) is 1.07. The van der Waals surface area contributed by atoms with Crippen LogP contribution in [0.3, 0.4) is 0 Å². The van der Waals surface area contributed by atoms with Crippen molar-refractivity contribution in [2.75, 3.05) is 33.9 Å². The van der Waals surface area contributed by atoms with Gasteiger partial charge in [-0.15, -0.1) is 11.6 Å². The van der Waals surface area contributed by atoms with Crippen LogP contribution in [0.5, 0.6) is 11.5 Å². The van der Waals surface area contributed by atoms with E-state index in [9.17, 15) is 0 Å². The Bertz CT molecular complexity index is 398. The number of hydrogen-bond acceptors (Lipinski definition) is 3. The number of hydrogen-bond donors (Lipinski definition) is 0. The average molecular weight is 300 g/mol. The van der Waals surface area contributed by atoms with E-state index in [1.807, 2.05) is 18.2 Å². The molecule has 3 nitrogen and oxygen atoms in total. The quantitative estimate of drug-likeness (QED) is 0.641. The Balaban J connectivity index is 2.73. The SMILES string of the molecule is CCCCN(CC)CC(Cl)c1ccc(OC)c(OC)c1. The van der Waals surface area contributed by atoms with E-state index in [0.717, 1.165) is 36.7 Å². The molecule has 1 unspecified atom stereocenters. The van der Waals surface area contributed by atoms with Crippen molar-refractivity contribution in [2.45, 2.75) is 32.1 Å². The standard InChI is InChI=1S/C16H26ClNO2/c1-5-7-10-18(6-2)12-14(17)13-8-9-15(19-3)16(11-13)20-4/h8-9,11,14H,5-7,10,12H2,1-4H3. The summed E-state index contributed by atoms with van der Waals surface area (Å²) in [5, 5.41) is -0.0355. The molecule has 1 rings (SSSR count). The fourth-order valence-electron chi connectivity index (χ4n) is 2.14. The van der Waals surface area contributed by atoms with Gasteiger partial charge in [0, 0.05) is 6.54 Å². The molecule has 1 atom stereocenters. The third kappa shape index (κ3) is 4.88. The second-order valence-electron chi connectivity index (χ2n) is 4.83. The van der Waals surface area contributed by atoms with Gasteiger partial charge >= 0.3 is 0 Å². The lowest BCUT2D eigenvalue weighted by molar-refractivity contribution is 0.283. The fraction of sp³-hybridized carbons (Fsp3) is 0.625. The minimum Gasteiger partial charge on any atom is -0.493 e. The number of nitrogens with zero attached hydrogens (tertiary/aromatic N) is 1. The second kappa shape index (κ2) is 9.09. The smallest absolute Gasteiger partial charge is 0.161 e. The van der Waals surface area contributed by atoms with Gasteiger partial charge in [0.1, 0.15) is 0 Å². The highest BCUT2D eigenvalue weighted by Crippen LogP contribution is 2.32.